The minimum absolute atomic E-state index is 0.00187. The fourth-order valence-electron chi connectivity index (χ4n) is 3.77. The van der Waals surface area contributed by atoms with Gasteiger partial charge in [-0.15, -0.1) is 0 Å². The molecule has 10 nitrogen and oxygen atoms in total. The van der Waals surface area contributed by atoms with Crippen molar-refractivity contribution in [3.05, 3.63) is 29.8 Å². The first-order valence-corrected chi connectivity index (χ1v) is 15.2. The number of hydrogen-bond acceptors (Lipinski definition) is 8. The molecule has 0 unspecified atom stereocenters. The number of benzene rings is 1. The van der Waals surface area contributed by atoms with Gasteiger partial charge in [0.25, 0.3) is 0 Å². The second-order valence-corrected chi connectivity index (χ2v) is 9.67. The largest absolute Gasteiger partial charge is 0.491 e. The molecule has 0 radical (unpaired) electrons. The van der Waals surface area contributed by atoms with Crippen molar-refractivity contribution in [3.8, 4) is 5.75 Å². The van der Waals surface area contributed by atoms with Crippen molar-refractivity contribution in [3.63, 3.8) is 0 Å². The molecule has 236 valence electrons. The van der Waals surface area contributed by atoms with E-state index in [0.717, 1.165) is 12.2 Å². The summed E-state index contributed by atoms with van der Waals surface area (Å²) in [6.07, 6.45) is 9.55. The molecule has 0 saturated heterocycles. The van der Waals surface area contributed by atoms with Crippen LogP contribution in [0.5, 0.6) is 5.75 Å². The van der Waals surface area contributed by atoms with Crippen LogP contribution < -0.4 is 10.1 Å². The molecule has 41 heavy (non-hydrogen) atoms. The van der Waals surface area contributed by atoms with Gasteiger partial charge in [0.05, 0.1) is 65.9 Å². The van der Waals surface area contributed by atoms with Crippen LogP contribution in [0.3, 0.4) is 0 Å². The molecular weight excluding hydrogens is 530 g/mol. The van der Waals surface area contributed by atoms with E-state index in [1.807, 2.05) is 12.1 Å². The molecule has 0 aliphatic carbocycles. The number of unbranched alkanes of at least 4 members (excludes halogenated alkanes) is 5. The van der Waals surface area contributed by atoms with Crippen LogP contribution >= 0.6 is 0 Å². The van der Waals surface area contributed by atoms with E-state index in [1.54, 1.807) is 0 Å². The minimum Gasteiger partial charge on any atom is -0.491 e. The Labute approximate surface area is 246 Å². The molecule has 10 heteroatoms. The Morgan fingerprint density at radius 1 is 0.634 bits per heavy atom. The molecule has 0 fully saturated rings. The quantitative estimate of drug-likeness (QED) is 0.127. The van der Waals surface area contributed by atoms with Gasteiger partial charge in [-0.2, -0.15) is 0 Å². The number of carbonyl (C=O) groups is 2. The van der Waals surface area contributed by atoms with E-state index in [0.29, 0.717) is 85.6 Å². The number of aliphatic carboxylic acids is 1. The summed E-state index contributed by atoms with van der Waals surface area (Å²) in [6, 6.07) is 8.39. The lowest BCUT2D eigenvalue weighted by Gasteiger charge is -2.09. The monoisotopic (exact) mass is 583 g/mol. The number of nitrogens with one attached hydrogen (secondary N) is 1. The van der Waals surface area contributed by atoms with Crippen LogP contribution in [0, 0.1) is 0 Å². The number of aryl methyl sites for hydroxylation is 1. The summed E-state index contributed by atoms with van der Waals surface area (Å²) in [4.78, 5) is 21.7. The van der Waals surface area contributed by atoms with Crippen molar-refractivity contribution >= 4 is 11.9 Å². The van der Waals surface area contributed by atoms with Crippen molar-refractivity contribution < 1.29 is 43.1 Å². The summed E-state index contributed by atoms with van der Waals surface area (Å²) < 4.78 is 33.1. The lowest BCUT2D eigenvalue weighted by atomic mass is 10.0. The van der Waals surface area contributed by atoms with Crippen LogP contribution in [0.25, 0.3) is 0 Å². The normalized spacial score (nSPS) is 11.0. The summed E-state index contributed by atoms with van der Waals surface area (Å²) in [6.45, 7) is 8.17. The Hall–Kier alpha value is -2.24. The maximum Gasteiger partial charge on any atom is 0.303 e. The Bertz CT molecular complexity index is 746. The lowest BCUT2D eigenvalue weighted by molar-refractivity contribution is -0.138. The van der Waals surface area contributed by atoms with Crippen molar-refractivity contribution in [1.29, 1.82) is 0 Å². The number of amides is 1. The number of carboxylic acids is 1. The topological polar surface area (TPSA) is 122 Å². The third kappa shape index (κ3) is 25.2. The maximum absolute atomic E-state index is 11.4. The van der Waals surface area contributed by atoms with Crippen LogP contribution in [0.1, 0.15) is 70.3 Å². The Morgan fingerprint density at radius 2 is 1.15 bits per heavy atom. The van der Waals surface area contributed by atoms with Crippen molar-refractivity contribution in [2.75, 3.05) is 79.2 Å². The molecule has 0 bridgehead atoms. The van der Waals surface area contributed by atoms with Gasteiger partial charge in [0, 0.05) is 19.6 Å². The molecule has 1 rings (SSSR count). The highest BCUT2D eigenvalue weighted by Gasteiger charge is 2.04. The highest BCUT2D eigenvalue weighted by molar-refractivity contribution is 5.80. The third-order valence-corrected chi connectivity index (χ3v) is 6.08. The van der Waals surface area contributed by atoms with Gasteiger partial charge in [-0.1, -0.05) is 51.2 Å². The summed E-state index contributed by atoms with van der Waals surface area (Å²) >= 11 is 0. The molecule has 0 aliphatic heterocycles. The second kappa shape index (κ2) is 27.9. The van der Waals surface area contributed by atoms with E-state index in [9.17, 15) is 9.59 Å². The average molecular weight is 584 g/mol. The van der Waals surface area contributed by atoms with Crippen LogP contribution in [0.15, 0.2) is 24.3 Å². The van der Waals surface area contributed by atoms with Gasteiger partial charge >= 0.3 is 5.97 Å². The molecule has 1 aromatic carbocycles. The van der Waals surface area contributed by atoms with Gasteiger partial charge in [0.15, 0.2) is 0 Å². The third-order valence-electron chi connectivity index (χ3n) is 6.08. The molecule has 2 N–H and O–H groups in total. The summed E-state index contributed by atoms with van der Waals surface area (Å²) in [5, 5.41) is 11.2. The number of ether oxygens (including phenoxy) is 6. The Balaban J connectivity index is 1.77. The molecule has 1 amide bonds. The van der Waals surface area contributed by atoms with Crippen molar-refractivity contribution in [2.45, 2.75) is 71.1 Å². The Morgan fingerprint density at radius 3 is 1.71 bits per heavy atom. The molecule has 0 saturated carbocycles. The molecule has 0 atom stereocenters. The first-order valence-electron chi connectivity index (χ1n) is 15.2. The molecular formula is C31H53NO9. The Kier molecular flexibility index (Phi) is 25.0. The molecule has 0 aliphatic rings. The van der Waals surface area contributed by atoms with Gasteiger partial charge < -0.3 is 38.8 Å². The maximum atomic E-state index is 11.4. The number of rotatable bonds is 30. The lowest BCUT2D eigenvalue weighted by Crippen LogP contribution is -2.25. The van der Waals surface area contributed by atoms with Gasteiger partial charge in [0.2, 0.25) is 5.91 Å². The van der Waals surface area contributed by atoms with Gasteiger partial charge in [-0.3, -0.25) is 9.59 Å². The fraction of sp³-hybridized carbons (Fsp3) is 0.742. The fourth-order valence-corrected chi connectivity index (χ4v) is 3.77. The van der Waals surface area contributed by atoms with Crippen LogP contribution in [-0.2, 0) is 39.7 Å². The molecule has 0 aromatic heterocycles. The predicted molar refractivity (Wildman–Crippen MR) is 158 cm³/mol. The SMILES string of the molecule is CCCCCCCCc1ccc(OCCOCCOCCOCCOCCOCCCNC(=O)CCC(=O)O)cc1. The van der Waals surface area contributed by atoms with E-state index >= 15 is 0 Å². The van der Waals surface area contributed by atoms with Gasteiger partial charge in [-0.25, -0.2) is 0 Å². The smallest absolute Gasteiger partial charge is 0.303 e. The second-order valence-electron chi connectivity index (χ2n) is 9.67. The first-order chi connectivity index (χ1) is 20.1. The first kappa shape index (κ1) is 36.8. The number of hydrogen-bond donors (Lipinski definition) is 2. The zero-order valence-corrected chi connectivity index (χ0v) is 25.1. The van der Waals surface area contributed by atoms with Crippen LogP contribution in [0.2, 0.25) is 0 Å². The van der Waals surface area contributed by atoms with Gasteiger partial charge in [-0.05, 0) is 37.0 Å². The van der Waals surface area contributed by atoms with E-state index < -0.39 is 5.97 Å². The summed E-state index contributed by atoms with van der Waals surface area (Å²) in [5.74, 6) is -0.359. The highest BCUT2D eigenvalue weighted by atomic mass is 16.6. The molecule has 0 heterocycles. The van der Waals surface area contributed by atoms with Crippen LogP contribution in [-0.4, -0.2) is 96.2 Å². The summed E-state index contributed by atoms with van der Waals surface area (Å²) in [5.41, 5.74) is 1.37. The van der Waals surface area contributed by atoms with E-state index in [4.69, 9.17) is 33.5 Å². The van der Waals surface area contributed by atoms with E-state index in [-0.39, 0.29) is 18.7 Å². The van der Waals surface area contributed by atoms with Gasteiger partial charge in [0.1, 0.15) is 12.4 Å². The average Bonchev–Trinajstić information content (AvgIpc) is 2.97. The number of carboxylic acid groups (broad SMARTS) is 1. The van der Waals surface area contributed by atoms with Crippen LogP contribution in [0.4, 0.5) is 0 Å². The minimum atomic E-state index is -0.976. The zero-order chi connectivity index (χ0) is 29.6. The summed E-state index contributed by atoms with van der Waals surface area (Å²) in [7, 11) is 0. The van der Waals surface area contributed by atoms with E-state index in [2.05, 4.69) is 24.4 Å². The van der Waals surface area contributed by atoms with Crippen molar-refractivity contribution in [2.24, 2.45) is 0 Å². The molecule has 1 aromatic rings. The zero-order valence-electron chi connectivity index (χ0n) is 25.1. The standard InChI is InChI=1S/C31H53NO9/c1-2-3-4-5-6-7-9-28-10-12-29(13-11-28)41-27-26-40-25-24-39-23-22-38-21-20-37-19-18-36-17-8-16-32-30(33)14-15-31(34)35/h10-13H,2-9,14-27H2,1H3,(H,32,33)(H,34,35). The molecule has 0 spiro atoms. The van der Waals surface area contributed by atoms with Crippen molar-refractivity contribution in [1.82, 2.24) is 5.32 Å². The highest BCUT2D eigenvalue weighted by Crippen LogP contribution is 2.15. The predicted octanol–water partition coefficient (Wildman–Crippen LogP) is 4.42. The van der Waals surface area contributed by atoms with E-state index in [1.165, 1.54) is 44.1 Å². The number of carbonyl (C=O) groups excluding carboxylic acids is 1.